The van der Waals surface area contributed by atoms with Gasteiger partial charge >= 0.3 is 0 Å². The SMILES string of the molecule is Cn1c2ccccc2n2c(=O)ccnc12. The van der Waals surface area contributed by atoms with Crippen LogP contribution in [0.3, 0.4) is 0 Å². The first kappa shape index (κ1) is 8.23. The Bertz CT molecular complexity index is 708. The Morgan fingerprint density at radius 1 is 1.13 bits per heavy atom. The van der Waals surface area contributed by atoms with Crippen LogP contribution in [0, 0.1) is 0 Å². The van der Waals surface area contributed by atoms with Crippen LogP contribution in [0.25, 0.3) is 16.8 Å². The number of fused-ring (bicyclic) bond motifs is 3. The number of rotatable bonds is 0. The van der Waals surface area contributed by atoms with Crippen molar-refractivity contribution in [1.29, 1.82) is 0 Å². The lowest BCUT2D eigenvalue weighted by molar-refractivity contribution is 0.937. The molecule has 0 atom stereocenters. The van der Waals surface area contributed by atoms with E-state index < -0.39 is 0 Å². The molecular weight excluding hydrogens is 190 g/mol. The van der Waals surface area contributed by atoms with Crippen LogP contribution in [0.1, 0.15) is 0 Å². The number of hydrogen-bond acceptors (Lipinski definition) is 2. The van der Waals surface area contributed by atoms with Crippen molar-refractivity contribution < 1.29 is 0 Å². The van der Waals surface area contributed by atoms with E-state index in [4.69, 9.17) is 0 Å². The van der Waals surface area contributed by atoms with Crippen LogP contribution in [-0.2, 0) is 7.05 Å². The molecule has 0 bridgehead atoms. The number of para-hydroxylation sites is 2. The summed E-state index contributed by atoms with van der Waals surface area (Å²) in [5.74, 6) is 0.670. The van der Waals surface area contributed by atoms with Gasteiger partial charge in [0.15, 0.2) is 0 Å². The first-order valence-electron chi connectivity index (χ1n) is 4.70. The van der Waals surface area contributed by atoms with Gasteiger partial charge < -0.3 is 4.57 Å². The van der Waals surface area contributed by atoms with Crippen LogP contribution in [0.5, 0.6) is 0 Å². The molecule has 15 heavy (non-hydrogen) atoms. The first-order chi connectivity index (χ1) is 7.29. The zero-order valence-corrected chi connectivity index (χ0v) is 8.21. The second kappa shape index (κ2) is 2.70. The Morgan fingerprint density at radius 2 is 1.87 bits per heavy atom. The molecular formula is C11H9N3O. The van der Waals surface area contributed by atoms with Gasteiger partial charge in [-0.25, -0.2) is 9.38 Å². The van der Waals surface area contributed by atoms with Gasteiger partial charge in [-0.3, -0.25) is 4.79 Å². The molecule has 0 aliphatic heterocycles. The number of aryl methyl sites for hydroxylation is 1. The molecule has 4 heteroatoms. The lowest BCUT2D eigenvalue weighted by atomic mass is 10.3. The maximum absolute atomic E-state index is 11.7. The van der Waals surface area contributed by atoms with Crippen molar-refractivity contribution in [2.24, 2.45) is 7.05 Å². The molecule has 3 rings (SSSR count). The van der Waals surface area contributed by atoms with Crippen molar-refractivity contribution in [2.75, 3.05) is 0 Å². The van der Waals surface area contributed by atoms with Crippen molar-refractivity contribution >= 4 is 16.8 Å². The van der Waals surface area contributed by atoms with E-state index in [0.717, 1.165) is 11.0 Å². The minimum Gasteiger partial charge on any atom is -0.313 e. The average Bonchev–Trinajstić information content (AvgIpc) is 2.55. The Labute approximate surface area is 85.4 Å². The fourth-order valence-corrected chi connectivity index (χ4v) is 1.91. The van der Waals surface area contributed by atoms with Crippen molar-refractivity contribution in [3.05, 3.63) is 46.9 Å². The van der Waals surface area contributed by atoms with Crippen LogP contribution in [-0.4, -0.2) is 14.0 Å². The standard InChI is InChI=1S/C11H9N3O/c1-13-8-4-2-3-5-9(8)14-10(15)6-7-12-11(13)14/h2-7H,1H3. The van der Waals surface area contributed by atoms with E-state index in [1.165, 1.54) is 12.3 Å². The largest absolute Gasteiger partial charge is 0.313 e. The molecule has 0 saturated carbocycles. The van der Waals surface area contributed by atoms with Gasteiger partial charge in [-0.15, -0.1) is 0 Å². The summed E-state index contributed by atoms with van der Waals surface area (Å²) in [6.07, 6.45) is 1.54. The molecule has 0 fully saturated rings. The summed E-state index contributed by atoms with van der Waals surface area (Å²) in [5.41, 5.74) is 1.86. The first-order valence-corrected chi connectivity index (χ1v) is 4.70. The van der Waals surface area contributed by atoms with E-state index in [2.05, 4.69) is 4.98 Å². The van der Waals surface area contributed by atoms with E-state index in [-0.39, 0.29) is 5.56 Å². The van der Waals surface area contributed by atoms with Crippen LogP contribution in [0.4, 0.5) is 0 Å². The second-order valence-corrected chi connectivity index (χ2v) is 3.47. The van der Waals surface area contributed by atoms with E-state index in [0.29, 0.717) is 5.78 Å². The van der Waals surface area contributed by atoms with Gasteiger partial charge in [-0.05, 0) is 12.1 Å². The maximum atomic E-state index is 11.7. The van der Waals surface area contributed by atoms with Gasteiger partial charge in [0.2, 0.25) is 5.78 Å². The molecule has 4 nitrogen and oxygen atoms in total. The highest BCUT2D eigenvalue weighted by Crippen LogP contribution is 2.15. The smallest absolute Gasteiger partial charge is 0.259 e. The summed E-state index contributed by atoms with van der Waals surface area (Å²) in [7, 11) is 1.91. The Morgan fingerprint density at radius 3 is 2.67 bits per heavy atom. The normalized spacial score (nSPS) is 11.3. The highest BCUT2D eigenvalue weighted by Gasteiger charge is 2.08. The molecule has 2 heterocycles. The third-order valence-corrected chi connectivity index (χ3v) is 2.61. The average molecular weight is 199 g/mol. The minimum atomic E-state index is -0.0446. The molecule has 74 valence electrons. The molecule has 2 aromatic heterocycles. The lowest BCUT2D eigenvalue weighted by Gasteiger charge is -1.93. The van der Waals surface area contributed by atoms with Gasteiger partial charge in [-0.2, -0.15) is 0 Å². The monoisotopic (exact) mass is 199 g/mol. The Kier molecular flexibility index (Phi) is 1.48. The highest BCUT2D eigenvalue weighted by molar-refractivity contribution is 5.80. The molecule has 0 radical (unpaired) electrons. The van der Waals surface area contributed by atoms with Crippen LogP contribution < -0.4 is 5.56 Å². The van der Waals surface area contributed by atoms with E-state index >= 15 is 0 Å². The molecule has 0 unspecified atom stereocenters. The van der Waals surface area contributed by atoms with Crippen LogP contribution in [0.2, 0.25) is 0 Å². The highest BCUT2D eigenvalue weighted by atomic mass is 16.1. The Balaban J connectivity index is 2.77. The topological polar surface area (TPSA) is 39.3 Å². The summed E-state index contributed by atoms with van der Waals surface area (Å²) in [4.78, 5) is 15.9. The van der Waals surface area contributed by atoms with Crippen molar-refractivity contribution in [3.8, 4) is 0 Å². The van der Waals surface area contributed by atoms with Crippen molar-refractivity contribution in [1.82, 2.24) is 14.0 Å². The number of nitrogens with zero attached hydrogens (tertiary/aromatic N) is 3. The zero-order chi connectivity index (χ0) is 10.4. The second-order valence-electron chi connectivity index (χ2n) is 3.47. The molecule has 0 spiro atoms. The molecule has 0 aliphatic rings. The van der Waals surface area contributed by atoms with Gasteiger partial charge in [-0.1, -0.05) is 12.1 Å². The predicted octanol–water partition coefficient (Wildman–Crippen LogP) is 1.19. The maximum Gasteiger partial charge on any atom is 0.259 e. The summed E-state index contributed by atoms with van der Waals surface area (Å²) in [5, 5.41) is 0. The zero-order valence-electron chi connectivity index (χ0n) is 8.21. The third-order valence-electron chi connectivity index (χ3n) is 2.61. The quantitative estimate of drug-likeness (QED) is 0.545. The van der Waals surface area contributed by atoms with Gasteiger partial charge in [0, 0.05) is 19.3 Å². The van der Waals surface area contributed by atoms with Crippen LogP contribution >= 0.6 is 0 Å². The number of benzene rings is 1. The molecule has 0 N–H and O–H groups in total. The fraction of sp³-hybridized carbons (Fsp3) is 0.0909. The van der Waals surface area contributed by atoms with Gasteiger partial charge in [0.05, 0.1) is 11.0 Å². The number of hydrogen-bond donors (Lipinski definition) is 0. The van der Waals surface area contributed by atoms with E-state index in [1.54, 1.807) is 4.40 Å². The van der Waals surface area contributed by atoms with Crippen molar-refractivity contribution in [2.45, 2.75) is 0 Å². The van der Waals surface area contributed by atoms with Gasteiger partial charge in [0.25, 0.3) is 5.56 Å². The van der Waals surface area contributed by atoms with E-state index in [1.807, 2.05) is 35.9 Å². The number of aromatic nitrogens is 3. The Hall–Kier alpha value is -2.10. The molecule has 0 saturated heterocycles. The lowest BCUT2D eigenvalue weighted by Crippen LogP contribution is -2.11. The fourth-order valence-electron chi connectivity index (χ4n) is 1.91. The molecule has 0 aliphatic carbocycles. The molecule has 1 aromatic carbocycles. The summed E-state index contributed by atoms with van der Waals surface area (Å²) in [6.45, 7) is 0. The van der Waals surface area contributed by atoms with Crippen molar-refractivity contribution in [3.63, 3.8) is 0 Å². The predicted molar refractivity (Wildman–Crippen MR) is 57.9 cm³/mol. The van der Waals surface area contributed by atoms with E-state index in [9.17, 15) is 4.79 Å². The summed E-state index contributed by atoms with van der Waals surface area (Å²) >= 11 is 0. The molecule has 0 amide bonds. The third kappa shape index (κ3) is 0.958. The summed E-state index contributed by atoms with van der Waals surface area (Å²) in [6, 6.07) is 9.24. The van der Waals surface area contributed by atoms with Gasteiger partial charge in [0.1, 0.15) is 0 Å². The van der Waals surface area contributed by atoms with Crippen LogP contribution in [0.15, 0.2) is 41.3 Å². The molecule has 3 aromatic rings. The summed E-state index contributed by atoms with van der Waals surface area (Å²) < 4.78 is 3.53. The minimum absolute atomic E-state index is 0.0446. The number of imidazole rings is 1.